The maximum atomic E-state index is 9.17. The zero-order valence-electron chi connectivity index (χ0n) is 11.7. The van der Waals surface area contributed by atoms with Crippen LogP contribution in [0.3, 0.4) is 0 Å². The summed E-state index contributed by atoms with van der Waals surface area (Å²) in [5, 5.41) is 25.6. The van der Waals surface area contributed by atoms with Crippen molar-refractivity contribution in [2.24, 2.45) is 0 Å². The molecule has 2 N–H and O–H groups in total. The van der Waals surface area contributed by atoms with Crippen LogP contribution >= 0.6 is 0 Å². The molecule has 0 amide bonds. The van der Waals surface area contributed by atoms with Gasteiger partial charge in [-0.2, -0.15) is 10.5 Å². The summed E-state index contributed by atoms with van der Waals surface area (Å²) in [5.74, 6) is 1.83. The average Bonchev–Trinajstić information content (AvgIpc) is 3.20. The number of allylic oxidation sites excluding steroid dienone is 1. The first-order valence-corrected chi connectivity index (χ1v) is 6.54. The predicted octanol–water partition coefficient (Wildman–Crippen LogP) is 2.74. The summed E-state index contributed by atoms with van der Waals surface area (Å²) in [6.45, 7) is 1.89. The van der Waals surface area contributed by atoms with Gasteiger partial charge in [0.05, 0.1) is 0 Å². The molecule has 22 heavy (non-hydrogen) atoms. The summed E-state index contributed by atoms with van der Waals surface area (Å²) < 4.78 is 5.65. The molecule has 108 valence electrons. The van der Waals surface area contributed by atoms with E-state index in [0.29, 0.717) is 0 Å². The highest BCUT2D eigenvalue weighted by atomic mass is 16.3. The zero-order chi connectivity index (χ0) is 15.4. The fourth-order valence-corrected chi connectivity index (χ4v) is 1.98. The molecule has 1 aromatic carbocycles. The van der Waals surface area contributed by atoms with E-state index in [1.54, 1.807) is 6.20 Å². The Kier molecular flexibility index (Phi) is 3.66. The number of nitriles is 1. The number of rotatable bonds is 4. The van der Waals surface area contributed by atoms with E-state index in [9.17, 15) is 0 Å². The summed E-state index contributed by atoms with van der Waals surface area (Å²) in [5.41, 5.74) is 1.99. The Morgan fingerprint density at radius 1 is 1.32 bits per heavy atom. The molecule has 0 aliphatic rings. The molecule has 7 heteroatoms. The number of hydrogen-bond donors (Lipinski definition) is 2. The van der Waals surface area contributed by atoms with Crippen molar-refractivity contribution in [2.45, 2.75) is 6.92 Å². The number of benzene rings is 1. The third kappa shape index (κ3) is 2.71. The third-order valence-corrected chi connectivity index (χ3v) is 3.01. The number of anilines is 1. The SMILES string of the molecule is Cc1ccc(-c2ccccc2NC=C(C#N)c2nn[nH]n2)o1. The van der Waals surface area contributed by atoms with E-state index in [1.807, 2.05) is 49.4 Å². The summed E-state index contributed by atoms with van der Waals surface area (Å²) in [4.78, 5) is 0. The van der Waals surface area contributed by atoms with Crippen molar-refractivity contribution in [3.05, 3.63) is 54.2 Å². The van der Waals surface area contributed by atoms with Crippen LogP contribution in [0.1, 0.15) is 11.6 Å². The van der Waals surface area contributed by atoms with Crippen molar-refractivity contribution in [2.75, 3.05) is 5.32 Å². The minimum absolute atomic E-state index is 0.237. The van der Waals surface area contributed by atoms with Crippen molar-refractivity contribution in [3.8, 4) is 17.4 Å². The Morgan fingerprint density at radius 3 is 2.86 bits per heavy atom. The molecule has 3 aromatic rings. The predicted molar refractivity (Wildman–Crippen MR) is 80.3 cm³/mol. The Hall–Kier alpha value is -3.40. The summed E-state index contributed by atoms with van der Waals surface area (Å²) in [7, 11) is 0. The first-order chi connectivity index (χ1) is 10.8. The number of aromatic nitrogens is 4. The van der Waals surface area contributed by atoms with Crippen LogP contribution in [0.25, 0.3) is 16.9 Å². The number of hydrogen-bond acceptors (Lipinski definition) is 6. The zero-order valence-corrected chi connectivity index (χ0v) is 11.7. The maximum absolute atomic E-state index is 9.17. The van der Waals surface area contributed by atoms with E-state index in [2.05, 4.69) is 25.9 Å². The summed E-state index contributed by atoms with van der Waals surface area (Å²) in [6.07, 6.45) is 1.54. The molecule has 0 aliphatic heterocycles. The molecule has 0 spiro atoms. The van der Waals surface area contributed by atoms with Crippen LogP contribution in [0.2, 0.25) is 0 Å². The Bertz CT molecular complexity index is 841. The van der Waals surface area contributed by atoms with E-state index >= 15 is 0 Å². The fraction of sp³-hybridized carbons (Fsp3) is 0.0667. The second-order valence-electron chi connectivity index (χ2n) is 4.51. The molecule has 0 saturated carbocycles. The number of H-pyrrole nitrogens is 1. The average molecular weight is 292 g/mol. The lowest BCUT2D eigenvalue weighted by Gasteiger charge is -2.07. The highest BCUT2D eigenvalue weighted by molar-refractivity contribution is 5.79. The van der Waals surface area contributed by atoms with Gasteiger partial charge in [0.1, 0.15) is 23.2 Å². The van der Waals surface area contributed by atoms with Gasteiger partial charge in [-0.15, -0.1) is 10.2 Å². The molecule has 7 nitrogen and oxygen atoms in total. The fourth-order valence-electron chi connectivity index (χ4n) is 1.98. The lowest BCUT2D eigenvalue weighted by Crippen LogP contribution is -1.94. The van der Waals surface area contributed by atoms with Crippen molar-refractivity contribution in [1.29, 1.82) is 5.26 Å². The third-order valence-electron chi connectivity index (χ3n) is 3.01. The van der Waals surface area contributed by atoms with Crippen LogP contribution in [0.15, 0.2) is 47.0 Å². The van der Waals surface area contributed by atoms with Gasteiger partial charge in [-0.25, -0.2) is 0 Å². The van der Waals surface area contributed by atoms with Crippen molar-refractivity contribution in [3.63, 3.8) is 0 Å². The van der Waals surface area contributed by atoms with Gasteiger partial charge in [-0.1, -0.05) is 12.1 Å². The monoisotopic (exact) mass is 292 g/mol. The van der Waals surface area contributed by atoms with Gasteiger partial charge in [0.15, 0.2) is 0 Å². The second kappa shape index (κ2) is 5.93. The van der Waals surface area contributed by atoms with Gasteiger partial charge in [-0.3, -0.25) is 0 Å². The largest absolute Gasteiger partial charge is 0.461 e. The molecule has 0 fully saturated rings. The Morgan fingerprint density at radius 2 is 2.18 bits per heavy atom. The standard InChI is InChI=1S/C15H12N6O/c1-10-6-7-14(22-10)12-4-2-3-5-13(12)17-9-11(8-16)15-18-20-21-19-15/h2-7,9,17H,1H3,(H,18,19,20,21). The van der Waals surface area contributed by atoms with Crippen LogP contribution < -0.4 is 5.32 Å². The van der Waals surface area contributed by atoms with Crippen LogP contribution in [0, 0.1) is 18.3 Å². The highest BCUT2D eigenvalue weighted by Gasteiger charge is 2.09. The molecule has 2 aromatic heterocycles. The molecule has 3 rings (SSSR count). The number of nitrogens with zero attached hydrogens (tertiary/aromatic N) is 4. The van der Waals surface area contributed by atoms with Gasteiger partial charge in [0.2, 0.25) is 5.82 Å². The topological polar surface area (TPSA) is 103 Å². The van der Waals surface area contributed by atoms with Crippen molar-refractivity contribution >= 4 is 11.3 Å². The van der Waals surface area contributed by atoms with E-state index in [-0.39, 0.29) is 11.4 Å². The highest BCUT2D eigenvalue weighted by Crippen LogP contribution is 2.29. The molecule has 0 atom stereocenters. The lowest BCUT2D eigenvalue weighted by molar-refractivity contribution is 0.548. The van der Waals surface area contributed by atoms with Gasteiger partial charge >= 0.3 is 0 Å². The smallest absolute Gasteiger partial charge is 0.216 e. The Balaban J connectivity index is 1.92. The molecular formula is C15H12N6O. The van der Waals surface area contributed by atoms with Crippen LogP contribution in [-0.2, 0) is 0 Å². The van der Waals surface area contributed by atoms with Gasteiger partial charge in [0.25, 0.3) is 0 Å². The molecule has 0 aliphatic carbocycles. The number of nitrogens with one attached hydrogen (secondary N) is 2. The number of aromatic amines is 1. The molecule has 2 heterocycles. The lowest BCUT2D eigenvalue weighted by atomic mass is 10.1. The van der Waals surface area contributed by atoms with Gasteiger partial charge in [-0.05, 0) is 36.4 Å². The van der Waals surface area contributed by atoms with E-state index < -0.39 is 0 Å². The van der Waals surface area contributed by atoms with E-state index in [1.165, 1.54) is 0 Å². The first-order valence-electron chi connectivity index (χ1n) is 6.54. The molecule has 0 bridgehead atoms. The summed E-state index contributed by atoms with van der Waals surface area (Å²) >= 11 is 0. The minimum Gasteiger partial charge on any atom is -0.461 e. The van der Waals surface area contributed by atoms with Gasteiger partial charge < -0.3 is 9.73 Å². The molecular weight excluding hydrogens is 280 g/mol. The molecule has 0 unspecified atom stereocenters. The Labute approximate surface area is 126 Å². The van der Waals surface area contributed by atoms with Crippen molar-refractivity contribution in [1.82, 2.24) is 20.6 Å². The van der Waals surface area contributed by atoms with E-state index in [0.717, 1.165) is 22.8 Å². The van der Waals surface area contributed by atoms with Crippen LogP contribution in [0.5, 0.6) is 0 Å². The maximum Gasteiger partial charge on any atom is 0.216 e. The number of para-hydroxylation sites is 1. The van der Waals surface area contributed by atoms with Crippen LogP contribution in [0.4, 0.5) is 5.69 Å². The minimum atomic E-state index is 0.237. The molecule has 0 radical (unpaired) electrons. The number of tetrazole rings is 1. The van der Waals surface area contributed by atoms with Crippen molar-refractivity contribution < 1.29 is 4.42 Å². The normalized spacial score (nSPS) is 11.2. The number of furan rings is 1. The summed E-state index contributed by atoms with van der Waals surface area (Å²) in [6, 6.07) is 13.5. The molecule has 0 saturated heterocycles. The van der Waals surface area contributed by atoms with Crippen LogP contribution in [-0.4, -0.2) is 20.6 Å². The quantitative estimate of drug-likeness (QED) is 0.716. The van der Waals surface area contributed by atoms with Gasteiger partial charge in [0, 0.05) is 17.5 Å². The second-order valence-corrected chi connectivity index (χ2v) is 4.51. The first kappa shape index (κ1) is 13.6. The van der Waals surface area contributed by atoms with E-state index in [4.69, 9.17) is 9.68 Å². The number of aryl methyl sites for hydroxylation is 1.